The predicted octanol–water partition coefficient (Wildman–Crippen LogP) is 1.17. The molecule has 0 aliphatic carbocycles. The second-order valence-corrected chi connectivity index (χ2v) is 1.88. The van der Waals surface area contributed by atoms with E-state index in [-0.39, 0.29) is 0 Å². The van der Waals surface area contributed by atoms with Crippen LogP contribution >= 0.6 is 0 Å². The first-order chi connectivity index (χ1) is 4.47. The molecule has 3 heteroatoms. The molecule has 0 aliphatic rings. The summed E-state index contributed by atoms with van der Waals surface area (Å²) in [6.45, 7) is 0. The van der Waals surface area contributed by atoms with Crippen LogP contribution in [0.15, 0.2) is 29.1 Å². The Hall–Kier alpha value is -1.12. The van der Waals surface area contributed by atoms with E-state index in [0.717, 1.165) is 10.7 Å². The van der Waals surface area contributed by atoms with Crippen molar-refractivity contribution in [2.45, 2.75) is 0 Å². The maximum atomic E-state index is 4.92. The van der Waals surface area contributed by atoms with E-state index >= 15 is 0 Å². The topological polar surface area (TPSA) is 26.0 Å². The van der Waals surface area contributed by atoms with Gasteiger partial charge in [0.05, 0.1) is 0 Å². The zero-order valence-electron chi connectivity index (χ0n) is 4.74. The fraction of sp³-hybridized carbons (Fsp3) is 0. The van der Waals surface area contributed by atoms with Gasteiger partial charge in [0.2, 0.25) is 0 Å². The van der Waals surface area contributed by atoms with Gasteiger partial charge >= 0.3 is 51.8 Å². The second-order valence-electron chi connectivity index (χ2n) is 1.88. The molecule has 9 heavy (non-hydrogen) atoms. The summed E-state index contributed by atoms with van der Waals surface area (Å²) in [7, 11) is 1.68. The summed E-state index contributed by atoms with van der Waals surface area (Å²) in [5, 5.41) is 2.16. The van der Waals surface area contributed by atoms with Crippen LogP contribution in [-0.2, 0) is 0 Å². The zero-order valence-corrected chi connectivity index (χ0v) is 4.74. The van der Waals surface area contributed by atoms with Crippen molar-refractivity contribution in [2.75, 3.05) is 0 Å². The van der Waals surface area contributed by atoms with E-state index in [0.29, 0.717) is 0 Å². The van der Waals surface area contributed by atoms with E-state index in [4.69, 9.17) is 4.33 Å². The number of hydrogen-bond donors (Lipinski definition) is 0. The Morgan fingerprint density at radius 3 is 3.44 bits per heavy atom. The van der Waals surface area contributed by atoms with Gasteiger partial charge in [-0.1, -0.05) is 0 Å². The molecule has 0 spiro atoms. The zero-order chi connectivity index (χ0) is 6.10. The summed E-state index contributed by atoms with van der Waals surface area (Å²) in [6.07, 6.45) is 5.23. The molecule has 42 valence electrons. The van der Waals surface area contributed by atoms with Crippen molar-refractivity contribution in [3.63, 3.8) is 0 Å². The molecule has 2 aromatic heterocycles. The molecular formula is C6H4BNO. The van der Waals surface area contributed by atoms with Crippen molar-refractivity contribution in [3.8, 4) is 0 Å². The van der Waals surface area contributed by atoms with Crippen LogP contribution in [0.2, 0.25) is 0 Å². The summed E-state index contributed by atoms with van der Waals surface area (Å²) >= 11 is 0. The van der Waals surface area contributed by atoms with Gasteiger partial charge in [-0.25, -0.2) is 0 Å². The predicted molar refractivity (Wildman–Crippen MR) is 35.4 cm³/mol. The van der Waals surface area contributed by atoms with Gasteiger partial charge in [-0.15, -0.1) is 0 Å². The molecule has 0 atom stereocenters. The Kier molecular flexibility index (Phi) is 0.888. The van der Waals surface area contributed by atoms with Gasteiger partial charge in [0.25, 0.3) is 0 Å². The molecule has 2 rings (SSSR count). The first-order valence-corrected chi connectivity index (χ1v) is 2.73. The number of rotatable bonds is 0. The van der Waals surface area contributed by atoms with Crippen molar-refractivity contribution in [1.82, 2.24) is 4.98 Å². The van der Waals surface area contributed by atoms with Gasteiger partial charge in [-0.3, -0.25) is 0 Å². The normalized spacial score (nSPS) is 9.78. The molecule has 2 aromatic rings. The van der Waals surface area contributed by atoms with E-state index in [1.54, 1.807) is 25.8 Å². The Labute approximate surface area is 52.8 Å². The molecule has 0 N–H and O–H groups in total. The average molecular weight is 117 g/mol. The summed E-state index contributed by atoms with van der Waals surface area (Å²) in [6, 6.07) is 1.92. The number of nitrogens with zero attached hydrogens (tertiary/aromatic N) is 1. The van der Waals surface area contributed by atoms with E-state index in [1.165, 1.54) is 0 Å². The van der Waals surface area contributed by atoms with Crippen LogP contribution < -0.4 is 0 Å². The third-order valence-corrected chi connectivity index (χ3v) is 1.28. The standard InChI is InChI=1S/C6H4BNO/c1-2-8-3-6-5(1)4-9-7-6/h1-4H. The molecule has 0 saturated carbocycles. The summed E-state index contributed by atoms with van der Waals surface area (Å²) in [5.74, 6) is 0. The fourth-order valence-corrected chi connectivity index (χ4v) is 0.804. The van der Waals surface area contributed by atoms with Crippen LogP contribution in [0.5, 0.6) is 0 Å². The van der Waals surface area contributed by atoms with Gasteiger partial charge in [0.15, 0.2) is 0 Å². The molecule has 0 saturated heterocycles. The number of aromatic nitrogens is 1. The monoisotopic (exact) mass is 117 g/mol. The first-order valence-electron chi connectivity index (χ1n) is 2.73. The third-order valence-electron chi connectivity index (χ3n) is 1.28. The van der Waals surface area contributed by atoms with Crippen LogP contribution in [-0.4, -0.2) is 12.1 Å². The Balaban J connectivity index is 2.95. The van der Waals surface area contributed by atoms with Gasteiger partial charge in [0.1, 0.15) is 0 Å². The molecule has 0 radical (unpaired) electrons. The first kappa shape index (κ1) is 4.73. The van der Waals surface area contributed by atoms with Crippen molar-refractivity contribution < 1.29 is 4.33 Å². The molecule has 0 bridgehead atoms. The SMILES string of the molecule is b1occ2ccncc12. The quantitative estimate of drug-likeness (QED) is 0.517. The van der Waals surface area contributed by atoms with E-state index in [2.05, 4.69) is 4.98 Å². The van der Waals surface area contributed by atoms with Crippen LogP contribution in [0.4, 0.5) is 0 Å². The van der Waals surface area contributed by atoms with E-state index < -0.39 is 0 Å². The fourth-order valence-electron chi connectivity index (χ4n) is 0.804. The van der Waals surface area contributed by atoms with Gasteiger partial charge in [-0.2, -0.15) is 0 Å². The van der Waals surface area contributed by atoms with E-state index in [1.807, 2.05) is 6.07 Å². The van der Waals surface area contributed by atoms with Gasteiger partial charge < -0.3 is 0 Å². The van der Waals surface area contributed by atoms with Crippen molar-refractivity contribution in [1.29, 1.82) is 0 Å². The van der Waals surface area contributed by atoms with E-state index in [9.17, 15) is 0 Å². The summed E-state index contributed by atoms with van der Waals surface area (Å²) in [4.78, 5) is 3.93. The second kappa shape index (κ2) is 1.69. The van der Waals surface area contributed by atoms with Crippen LogP contribution in [0.3, 0.4) is 0 Å². The molecular weight excluding hydrogens is 113 g/mol. The van der Waals surface area contributed by atoms with Crippen LogP contribution in [0.25, 0.3) is 10.7 Å². The van der Waals surface area contributed by atoms with Crippen molar-refractivity contribution in [3.05, 3.63) is 24.7 Å². The van der Waals surface area contributed by atoms with Gasteiger partial charge in [0, 0.05) is 0 Å². The van der Waals surface area contributed by atoms with Crippen molar-refractivity contribution in [2.24, 2.45) is 0 Å². The molecule has 0 fully saturated rings. The number of hydrogen-bond acceptors (Lipinski definition) is 2. The molecule has 0 amide bonds. The maximum absolute atomic E-state index is 4.92. The summed E-state index contributed by atoms with van der Waals surface area (Å²) < 4.78 is 4.92. The number of fused-ring (bicyclic) bond motifs is 1. The minimum atomic E-state index is 1.05. The molecule has 2 heterocycles. The van der Waals surface area contributed by atoms with Crippen LogP contribution in [0, 0.1) is 0 Å². The van der Waals surface area contributed by atoms with Crippen molar-refractivity contribution >= 4 is 17.8 Å². The molecule has 0 aromatic carbocycles. The average Bonchev–Trinajstić information content (AvgIpc) is 2.33. The summed E-state index contributed by atoms with van der Waals surface area (Å²) in [5.41, 5.74) is 0. The third kappa shape index (κ3) is 0.651. The molecule has 0 aliphatic heterocycles. The van der Waals surface area contributed by atoms with Crippen LogP contribution in [0.1, 0.15) is 0 Å². The Bertz CT molecular complexity index is 287. The molecule has 2 nitrogen and oxygen atoms in total. The Morgan fingerprint density at radius 2 is 2.56 bits per heavy atom. The minimum absolute atomic E-state index is 1.05. The van der Waals surface area contributed by atoms with Gasteiger partial charge in [-0.05, 0) is 0 Å². The number of pyridine rings is 1. The molecule has 0 unspecified atom stereocenters. The Morgan fingerprint density at radius 1 is 1.56 bits per heavy atom.